The summed E-state index contributed by atoms with van der Waals surface area (Å²) in [5, 5.41) is 8.93. The zero-order valence-corrected chi connectivity index (χ0v) is 13.2. The van der Waals surface area contributed by atoms with Gasteiger partial charge in [0.05, 0.1) is 10.5 Å². The number of hydrogen-bond donors (Lipinski definition) is 1. The number of rotatable bonds is 5. The maximum Gasteiger partial charge on any atom is 0.335 e. The third-order valence-corrected chi connectivity index (χ3v) is 5.41. The van der Waals surface area contributed by atoms with Crippen molar-refractivity contribution >= 4 is 16.0 Å². The monoisotopic (exact) mass is 299 g/mol. The number of benzene rings is 1. The minimum Gasteiger partial charge on any atom is -0.478 e. The van der Waals surface area contributed by atoms with E-state index >= 15 is 0 Å². The average Bonchev–Trinajstić information content (AvgIpc) is 2.26. The van der Waals surface area contributed by atoms with Crippen LogP contribution in [0.3, 0.4) is 0 Å². The Morgan fingerprint density at radius 3 is 2.00 bits per heavy atom. The van der Waals surface area contributed by atoms with Gasteiger partial charge in [-0.3, -0.25) is 0 Å². The molecule has 0 fully saturated rings. The Hall–Kier alpha value is -1.40. The van der Waals surface area contributed by atoms with Crippen molar-refractivity contribution in [3.05, 3.63) is 29.3 Å². The van der Waals surface area contributed by atoms with E-state index in [-0.39, 0.29) is 22.5 Å². The number of carbonyl (C=O) groups is 1. The Balaban J connectivity index is 3.39. The summed E-state index contributed by atoms with van der Waals surface area (Å²) in [6, 6.07) is 3.73. The van der Waals surface area contributed by atoms with Crippen LogP contribution in [0.15, 0.2) is 23.1 Å². The summed E-state index contributed by atoms with van der Waals surface area (Å²) in [7, 11) is -3.63. The highest BCUT2D eigenvalue weighted by Gasteiger charge is 2.30. The van der Waals surface area contributed by atoms with Crippen molar-refractivity contribution in [1.82, 2.24) is 4.31 Å². The average molecular weight is 299 g/mol. The Morgan fingerprint density at radius 1 is 1.15 bits per heavy atom. The molecule has 0 aliphatic carbocycles. The van der Waals surface area contributed by atoms with E-state index < -0.39 is 16.0 Å². The fraction of sp³-hybridized carbons (Fsp3) is 0.500. The van der Waals surface area contributed by atoms with Gasteiger partial charge < -0.3 is 5.11 Å². The number of carboxylic acids is 1. The van der Waals surface area contributed by atoms with Crippen LogP contribution in [0.2, 0.25) is 0 Å². The summed E-state index contributed by atoms with van der Waals surface area (Å²) < 4.78 is 26.8. The standard InChI is InChI=1S/C14H21NO4S/c1-9(2)15(10(3)4)20(18,19)13-7-6-12(14(16)17)8-11(13)5/h6-10H,1-5H3,(H,16,17). The minimum absolute atomic E-state index is 0.0853. The fourth-order valence-corrected chi connectivity index (χ4v) is 4.38. The predicted octanol–water partition coefficient (Wildman–Crippen LogP) is 2.50. The van der Waals surface area contributed by atoms with Gasteiger partial charge in [-0.25, -0.2) is 13.2 Å². The van der Waals surface area contributed by atoms with Crippen LogP contribution in [0.1, 0.15) is 43.6 Å². The third-order valence-electron chi connectivity index (χ3n) is 3.00. The smallest absolute Gasteiger partial charge is 0.335 e. The highest BCUT2D eigenvalue weighted by Crippen LogP contribution is 2.24. The van der Waals surface area contributed by atoms with E-state index in [0.717, 1.165) is 0 Å². The van der Waals surface area contributed by atoms with Gasteiger partial charge in [-0.05, 0) is 58.4 Å². The SMILES string of the molecule is Cc1cc(C(=O)O)ccc1S(=O)(=O)N(C(C)C)C(C)C. The number of nitrogens with zero attached hydrogens (tertiary/aromatic N) is 1. The van der Waals surface area contributed by atoms with Gasteiger partial charge in [0, 0.05) is 12.1 Å². The van der Waals surface area contributed by atoms with Crippen molar-refractivity contribution in [2.45, 2.75) is 51.6 Å². The Bertz CT molecular complexity index is 598. The summed E-state index contributed by atoms with van der Waals surface area (Å²) in [6.07, 6.45) is 0. The van der Waals surface area contributed by atoms with E-state index in [1.54, 1.807) is 6.92 Å². The van der Waals surface area contributed by atoms with Crippen LogP contribution in [0.5, 0.6) is 0 Å². The second-order valence-electron chi connectivity index (χ2n) is 5.31. The van der Waals surface area contributed by atoms with E-state index in [4.69, 9.17) is 5.11 Å². The molecule has 0 amide bonds. The molecule has 112 valence electrons. The highest BCUT2D eigenvalue weighted by molar-refractivity contribution is 7.89. The van der Waals surface area contributed by atoms with Crippen molar-refractivity contribution in [1.29, 1.82) is 0 Å². The van der Waals surface area contributed by atoms with Crippen molar-refractivity contribution < 1.29 is 18.3 Å². The Morgan fingerprint density at radius 2 is 1.65 bits per heavy atom. The van der Waals surface area contributed by atoms with E-state index in [1.807, 2.05) is 27.7 Å². The first-order valence-corrected chi connectivity index (χ1v) is 7.90. The molecule has 0 bridgehead atoms. The molecule has 0 atom stereocenters. The maximum atomic E-state index is 12.7. The van der Waals surface area contributed by atoms with Crippen molar-refractivity contribution in [3.8, 4) is 0 Å². The predicted molar refractivity (Wildman–Crippen MR) is 77.4 cm³/mol. The molecule has 0 heterocycles. The lowest BCUT2D eigenvalue weighted by Gasteiger charge is -2.30. The van der Waals surface area contributed by atoms with Gasteiger partial charge >= 0.3 is 5.97 Å². The molecule has 0 spiro atoms. The maximum absolute atomic E-state index is 12.7. The second kappa shape index (κ2) is 5.93. The lowest BCUT2D eigenvalue weighted by atomic mass is 10.1. The first kappa shape index (κ1) is 16.7. The van der Waals surface area contributed by atoms with E-state index in [0.29, 0.717) is 5.56 Å². The highest BCUT2D eigenvalue weighted by atomic mass is 32.2. The van der Waals surface area contributed by atoms with E-state index in [9.17, 15) is 13.2 Å². The van der Waals surface area contributed by atoms with E-state index in [1.165, 1.54) is 22.5 Å². The molecular formula is C14H21NO4S. The molecule has 6 heteroatoms. The van der Waals surface area contributed by atoms with Gasteiger partial charge in [0.2, 0.25) is 10.0 Å². The number of sulfonamides is 1. The van der Waals surface area contributed by atoms with Crippen molar-refractivity contribution in [2.75, 3.05) is 0 Å². The molecule has 0 aromatic heterocycles. The molecule has 1 rings (SSSR count). The molecule has 0 aliphatic heterocycles. The summed E-state index contributed by atoms with van der Waals surface area (Å²) in [6.45, 7) is 8.88. The summed E-state index contributed by atoms with van der Waals surface area (Å²) in [5.74, 6) is -1.07. The second-order valence-corrected chi connectivity index (χ2v) is 7.12. The van der Waals surface area contributed by atoms with Crippen LogP contribution in [-0.4, -0.2) is 35.9 Å². The van der Waals surface area contributed by atoms with Gasteiger partial charge in [-0.15, -0.1) is 0 Å². The summed E-state index contributed by atoms with van der Waals surface area (Å²) in [5.41, 5.74) is 0.526. The topological polar surface area (TPSA) is 74.7 Å². The molecule has 0 unspecified atom stereocenters. The molecule has 0 radical (unpaired) electrons. The number of aryl methyl sites for hydroxylation is 1. The number of hydrogen-bond acceptors (Lipinski definition) is 3. The van der Waals surface area contributed by atoms with Crippen LogP contribution in [0, 0.1) is 6.92 Å². The third kappa shape index (κ3) is 3.19. The van der Waals surface area contributed by atoms with Gasteiger partial charge in [-0.2, -0.15) is 4.31 Å². The van der Waals surface area contributed by atoms with E-state index in [2.05, 4.69) is 0 Å². The molecule has 0 saturated carbocycles. The quantitative estimate of drug-likeness (QED) is 0.906. The zero-order chi connectivity index (χ0) is 15.7. The Kier molecular flexibility index (Phi) is 4.94. The van der Waals surface area contributed by atoms with Crippen LogP contribution < -0.4 is 0 Å². The molecule has 1 N–H and O–H groups in total. The van der Waals surface area contributed by atoms with Gasteiger partial charge in [0.15, 0.2) is 0 Å². The molecule has 0 saturated heterocycles. The van der Waals surface area contributed by atoms with Crippen molar-refractivity contribution in [3.63, 3.8) is 0 Å². The van der Waals surface area contributed by atoms with Crippen LogP contribution >= 0.6 is 0 Å². The number of aromatic carboxylic acids is 1. The van der Waals surface area contributed by atoms with Crippen LogP contribution in [-0.2, 0) is 10.0 Å². The van der Waals surface area contributed by atoms with Gasteiger partial charge in [0.1, 0.15) is 0 Å². The lowest BCUT2D eigenvalue weighted by Crippen LogP contribution is -2.42. The van der Waals surface area contributed by atoms with Crippen LogP contribution in [0.25, 0.3) is 0 Å². The molecule has 0 aliphatic rings. The van der Waals surface area contributed by atoms with Gasteiger partial charge in [0.25, 0.3) is 0 Å². The largest absolute Gasteiger partial charge is 0.478 e. The van der Waals surface area contributed by atoms with Crippen molar-refractivity contribution in [2.24, 2.45) is 0 Å². The lowest BCUT2D eigenvalue weighted by molar-refractivity contribution is 0.0696. The molecule has 1 aromatic carbocycles. The minimum atomic E-state index is -3.63. The molecule has 1 aromatic rings. The van der Waals surface area contributed by atoms with Crippen LogP contribution in [0.4, 0.5) is 0 Å². The molecular weight excluding hydrogens is 278 g/mol. The Labute approximate surface area is 120 Å². The summed E-state index contributed by atoms with van der Waals surface area (Å²) in [4.78, 5) is 11.1. The normalized spacial score (nSPS) is 12.4. The first-order chi connectivity index (χ1) is 9.09. The summed E-state index contributed by atoms with van der Waals surface area (Å²) >= 11 is 0. The van der Waals surface area contributed by atoms with Gasteiger partial charge in [-0.1, -0.05) is 0 Å². The molecule has 20 heavy (non-hydrogen) atoms. The first-order valence-electron chi connectivity index (χ1n) is 6.46. The number of carboxylic acid groups (broad SMARTS) is 1. The molecule has 5 nitrogen and oxygen atoms in total. The zero-order valence-electron chi connectivity index (χ0n) is 12.4. The fourth-order valence-electron chi connectivity index (χ4n) is 2.34.